The number of nitrogens with zero attached hydrogens (tertiary/aromatic N) is 1. The van der Waals surface area contributed by atoms with Gasteiger partial charge in [-0.3, -0.25) is 4.99 Å². The summed E-state index contributed by atoms with van der Waals surface area (Å²) in [6.07, 6.45) is 3.95. The summed E-state index contributed by atoms with van der Waals surface area (Å²) in [6, 6.07) is 6.88. The zero-order chi connectivity index (χ0) is 20.6. The molecular weight excluding hydrogens is 523 g/mol. The number of hydrogen-bond donors (Lipinski definition) is 3. The molecule has 0 amide bonds. The lowest BCUT2D eigenvalue weighted by Gasteiger charge is -2.23. The third-order valence-electron chi connectivity index (χ3n) is 4.68. The van der Waals surface area contributed by atoms with Gasteiger partial charge in [-0.25, -0.2) is 13.1 Å². The van der Waals surface area contributed by atoms with Gasteiger partial charge >= 0.3 is 0 Å². The number of thioether (sulfide) groups is 1. The molecule has 2 rings (SSSR count). The molecule has 0 saturated carbocycles. The van der Waals surface area contributed by atoms with E-state index in [0.717, 1.165) is 30.9 Å². The fourth-order valence-electron chi connectivity index (χ4n) is 2.65. The maximum Gasteiger partial charge on any atom is 0.240 e. The van der Waals surface area contributed by atoms with Crippen molar-refractivity contribution in [3.05, 3.63) is 29.8 Å². The zero-order valence-electron chi connectivity index (χ0n) is 17.5. The van der Waals surface area contributed by atoms with E-state index in [0.29, 0.717) is 19.7 Å². The highest BCUT2D eigenvalue weighted by Crippen LogP contribution is 2.19. The maximum absolute atomic E-state index is 12.4. The van der Waals surface area contributed by atoms with Crippen molar-refractivity contribution >= 4 is 51.7 Å². The fraction of sp³-hybridized carbons (Fsp3) is 0.632. The summed E-state index contributed by atoms with van der Waals surface area (Å²) < 4.78 is 33.0. The van der Waals surface area contributed by atoms with E-state index >= 15 is 0 Å². The molecule has 1 atom stereocenters. The second-order valence-electron chi connectivity index (χ2n) is 7.37. The molecule has 10 heteroatoms. The van der Waals surface area contributed by atoms with Crippen LogP contribution >= 0.6 is 35.7 Å². The minimum atomic E-state index is -3.52. The van der Waals surface area contributed by atoms with Crippen molar-refractivity contribution < 1.29 is 13.2 Å². The van der Waals surface area contributed by atoms with E-state index in [1.165, 1.54) is 0 Å². The molecule has 1 heterocycles. The molecule has 0 spiro atoms. The number of halogens is 1. The average molecular weight is 557 g/mol. The monoisotopic (exact) mass is 556 g/mol. The fourth-order valence-corrected chi connectivity index (χ4v) is 3.94. The second-order valence-corrected chi connectivity index (χ2v) is 10.7. The van der Waals surface area contributed by atoms with Gasteiger partial charge in [0.2, 0.25) is 10.0 Å². The zero-order valence-corrected chi connectivity index (χ0v) is 21.5. The SMILES string of the molecule is CN=C(NCc1ccc(S(=O)(=O)NCC2CCCO2)cc1)NCC(C)(C)SC.I. The molecule has 0 radical (unpaired) electrons. The average Bonchev–Trinajstić information content (AvgIpc) is 3.21. The standard InChI is InChI=1S/C19H32N4O3S2.HI/c1-19(2,27-4)14-22-18(20-3)21-12-15-7-9-17(10-8-15)28(24,25)23-13-16-6-5-11-26-16;/h7-10,16,23H,5-6,11-14H2,1-4H3,(H2,20,21,22);1H. The summed E-state index contributed by atoms with van der Waals surface area (Å²) >= 11 is 1.79. The molecule has 1 aliphatic heterocycles. The summed E-state index contributed by atoms with van der Waals surface area (Å²) in [7, 11) is -1.78. The molecule has 1 aliphatic rings. The molecule has 166 valence electrons. The maximum atomic E-state index is 12.4. The summed E-state index contributed by atoms with van der Waals surface area (Å²) in [5.74, 6) is 0.719. The van der Waals surface area contributed by atoms with E-state index in [4.69, 9.17) is 4.74 Å². The van der Waals surface area contributed by atoms with Gasteiger partial charge in [-0.15, -0.1) is 24.0 Å². The van der Waals surface area contributed by atoms with E-state index in [1.807, 2.05) is 12.1 Å². The molecule has 1 aromatic rings. The molecule has 1 saturated heterocycles. The largest absolute Gasteiger partial charge is 0.377 e. The van der Waals surface area contributed by atoms with Crippen LogP contribution in [0.1, 0.15) is 32.3 Å². The highest BCUT2D eigenvalue weighted by molar-refractivity contribution is 14.0. The van der Waals surface area contributed by atoms with Gasteiger partial charge in [-0.05, 0) is 50.6 Å². The Morgan fingerprint density at radius 1 is 1.28 bits per heavy atom. The molecule has 1 unspecified atom stereocenters. The Hall–Kier alpha value is -0.560. The van der Waals surface area contributed by atoms with Gasteiger partial charge in [0.05, 0.1) is 11.0 Å². The van der Waals surface area contributed by atoms with Crippen LogP contribution in [0.2, 0.25) is 0 Å². The van der Waals surface area contributed by atoms with Crippen LogP contribution in [0, 0.1) is 0 Å². The Kier molecular flexibility index (Phi) is 11.3. The van der Waals surface area contributed by atoms with Crippen LogP contribution in [-0.4, -0.2) is 58.2 Å². The normalized spacial score (nSPS) is 17.7. The number of rotatable bonds is 9. The lowest BCUT2D eigenvalue weighted by Crippen LogP contribution is -2.42. The number of aliphatic imine (C=N–C) groups is 1. The Labute approximate surface area is 196 Å². The van der Waals surface area contributed by atoms with Gasteiger partial charge < -0.3 is 15.4 Å². The first-order valence-electron chi connectivity index (χ1n) is 9.45. The van der Waals surface area contributed by atoms with Gasteiger partial charge in [-0.2, -0.15) is 11.8 Å². The number of nitrogens with one attached hydrogen (secondary N) is 3. The highest BCUT2D eigenvalue weighted by Gasteiger charge is 2.20. The molecule has 1 fully saturated rings. The Morgan fingerprint density at radius 2 is 1.97 bits per heavy atom. The number of benzene rings is 1. The Balaban J connectivity index is 0.00000420. The minimum Gasteiger partial charge on any atom is -0.377 e. The van der Waals surface area contributed by atoms with Crippen LogP contribution in [0.5, 0.6) is 0 Å². The van der Waals surface area contributed by atoms with Gasteiger partial charge in [0.15, 0.2) is 5.96 Å². The van der Waals surface area contributed by atoms with E-state index in [-0.39, 0.29) is 39.7 Å². The predicted octanol–water partition coefficient (Wildman–Crippen LogP) is 2.57. The highest BCUT2D eigenvalue weighted by atomic mass is 127. The van der Waals surface area contributed by atoms with Crippen LogP contribution in [0.4, 0.5) is 0 Å². The van der Waals surface area contributed by atoms with Crippen molar-refractivity contribution in [1.82, 2.24) is 15.4 Å². The first kappa shape index (κ1) is 26.5. The molecule has 7 nitrogen and oxygen atoms in total. The molecule has 0 bridgehead atoms. The van der Waals surface area contributed by atoms with Gasteiger partial charge in [0.1, 0.15) is 0 Å². The lowest BCUT2D eigenvalue weighted by molar-refractivity contribution is 0.114. The first-order chi connectivity index (χ1) is 13.3. The van der Waals surface area contributed by atoms with Crippen molar-refractivity contribution in [3.63, 3.8) is 0 Å². The van der Waals surface area contributed by atoms with Crippen molar-refractivity contribution in [2.75, 3.05) is 33.0 Å². The number of hydrogen-bond acceptors (Lipinski definition) is 5. The number of ether oxygens (including phenoxy) is 1. The third-order valence-corrected chi connectivity index (χ3v) is 7.37. The van der Waals surface area contributed by atoms with Crippen LogP contribution in [0.3, 0.4) is 0 Å². The second kappa shape index (κ2) is 12.3. The molecule has 1 aromatic carbocycles. The molecular formula is C19H33IN4O3S2. The summed E-state index contributed by atoms with van der Waals surface area (Å²) in [5, 5.41) is 6.56. The van der Waals surface area contributed by atoms with E-state index in [1.54, 1.807) is 30.9 Å². The number of sulfonamides is 1. The van der Waals surface area contributed by atoms with E-state index in [9.17, 15) is 8.42 Å². The summed E-state index contributed by atoms with van der Waals surface area (Å²) in [4.78, 5) is 4.49. The molecule has 0 aliphatic carbocycles. The molecule has 3 N–H and O–H groups in total. The van der Waals surface area contributed by atoms with Crippen molar-refractivity contribution in [2.45, 2.75) is 49.0 Å². The first-order valence-corrected chi connectivity index (χ1v) is 12.2. The number of guanidine groups is 1. The van der Waals surface area contributed by atoms with Gasteiger partial charge in [0.25, 0.3) is 0 Å². The van der Waals surface area contributed by atoms with E-state index < -0.39 is 10.0 Å². The summed E-state index contributed by atoms with van der Waals surface area (Å²) in [6.45, 7) is 6.72. The topological polar surface area (TPSA) is 91.8 Å². The van der Waals surface area contributed by atoms with Gasteiger partial charge in [0, 0.05) is 38.0 Å². The smallest absolute Gasteiger partial charge is 0.240 e. The van der Waals surface area contributed by atoms with Crippen molar-refractivity contribution in [3.8, 4) is 0 Å². The van der Waals surface area contributed by atoms with Gasteiger partial charge in [-0.1, -0.05) is 12.1 Å². The van der Waals surface area contributed by atoms with Crippen molar-refractivity contribution in [1.29, 1.82) is 0 Å². The summed E-state index contributed by atoms with van der Waals surface area (Å²) in [5.41, 5.74) is 0.977. The van der Waals surface area contributed by atoms with Crippen LogP contribution in [-0.2, 0) is 21.3 Å². The van der Waals surface area contributed by atoms with Crippen LogP contribution in [0.25, 0.3) is 0 Å². The predicted molar refractivity (Wildman–Crippen MR) is 132 cm³/mol. The Bertz CT molecular complexity index is 749. The quantitative estimate of drug-likeness (QED) is 0.246. The van der Waals surface area contributed by atoms with Crippen LogP contribution < -0.4 is 15.4 Å². The van der Waals surface area contributed by atoms with E-state index in [2.05, 4.69) is 40.5 Å². The van der Waals surface area contributed by atoms with Crippen LogP contribution in [0.15, 0.2) is 34.2 Å². The molecule has 0 aromatic heterocycles. The Morgan fingerprint density at radius 3 is 2.52 bits per heavy atom. The third kappa shape index (κ3) is 8.99. The minimum absolute atomic E-state index is 0. The molecule has 29 heavy (non-hydrogen) atoms. The van der Waals surface area contributed by atoms with Crippen molar-refractivity contribution in [2.24, 2.45) is 4.99 Å². The lowest BCUT2D eigenvalue weighted by atomic mass is 10.2.